The molecule has 0 amide bonds. The monoisotopic (exact) mass is 276 g/mol. The molecule has 0 atom stereocenters. The number of nitrogens with zero attached hydrogens (tertiary/aromatic N) is 3. The van der Waals surface area contributed by atoms with E-state index in [-0.39, 0.29) is 5.56 Å². The molecule has 5 heteroatoms. The highest BCUT2D eigenvalue weighted by Gasteiger charge is 2.04. The van der Waals surface area contributed by atoms with Gasteiger partial charge in [0.1, 0.15) is 5.39 Å². The Balaban J connectivity index is 1.68. The number of aromatic nitrogens is 4. The number of nitrogens with one attached hydrogen (secondary N) is 1. The fourth-order valence-electron chi connectivity index (χ4n) is 2.42. The normalized spacial score (nSPS) is 11.2. The Morgan fingerprint density at radius 1 is 1.10 bits per heavy atom. The number of unbranched alkanes of at least 4 members (excludes halogenated alkanes) is 7. The topological polar surface area (TPSA) is 63.6 Å². The molecule has 0 fully saturated rings. The van der Waals surface area contributed by atoms with E-state index in [4.69, 9.17) is 0 Å². The van der Waals surface area contributed by atoms with E-state index in [1.807, 2.05) is 4.68 Å². The summed E-state index contributed by atoms with van der Waals surface area (Å²) < 4.78 is 1.84. The van der Waals surface area contributed by atoms with Crippen LogP contribution in [0.4, 0.5) is 0 Å². The van der Waals surface area contributed by atoms with Crippen LogP contribution in [0, 0.1) is 0 Å². The lowest BCUT2D eigenvalue weighted by Gasteiger charge is -2.02. The summed E-state index contributed by atoms with van der Waals surface area (Å²) in [6.45, 7) is 3.11. The third-order valence-corrected chi connectivity index (χ3v) is 3.61. The van der Waals surface area contributed by atoms with Crippen molar-refractivity contribution in [1.82, 2.24) is 19.7 Å². The van der Waals surface area contributed by atoms with Gasteiger partial charge >= 0.3 is 0 Å². The molecule has 0 bridgehead atoms. The van der Waals surface area contributed by atoms with Crippen LogP contribution in [-0.4, -0.2) is 19.7 Å². The predicted molar refractivity (Wildman–Crippen MR) is 80.8 cm³/mol. The highest BCUT2D eigenvalue weighted by Crippen LogP contribution is 2.09. The number of hydrogen-bond acceptors (Lipinski definition) is 3. The third-order valence-electron chi connectivity index (χ3n) is 3.61. The largest absolute Gasteiger partial charge is 0.312 e. The Kier molecular flexibility index (Phi) is 5.77. The Bertz CT molecular complexity index is 573. The van der Waals surface area contributed by atoms with E-state index >= 15 is 0 Å². The van der Waals surface area contributed by atoms with Crippen LogP contribution in [0.2, 0.25) is 0 Å². The van der Waals surface area contributed by atoms with Crippen molar-refractivity contribution >= 4 is 11.0 Å². The zero-order chi connectivity index (χ0) is 14.2. The van der Waals surface area contributed by atoms with Gasteiger partial charge in [-0.1, -0.05) is 51.9 Å². The zero-order valence-corrected chi connectivity index (χ0v) is 12.3. The van der Waals surface area contributed by atoms with Crippen LogP contribution in [0.25, 0.3) is 11.0 Å². The highest BCUT2D eigenvalue weighted by atomic mass is 16.1. The standard InChI is InChI=1S/C15H24N4O/c1-2-3-4-5-6-7-8-9-10-19-11-13-14(18-19)16-12-17-15(13)20/h11-12H,2-10H2,1H3,(H,16,17,18,20). The lowest BCUT2D eigenvalue weighted by molar-refractivity contribution is 0.522. The second-order valence-electron chi connectivity index (χ2n) is 5.34. The first-order valence-corrected chi connectivity index (χ1v) is 7.72. The van der Waals surface area contributed by atoms with Gasteiger partial charge in [0.2, 0.25) is 0 Å². The molecule has 2 heterocycles. The number of aryl methyl sites for hydroxylation is 1. The van der Waals surface area contributed by atoms with Crippen molar-refractivity contribution in [2.24, 2.45) is 0 Å². The van der Waals surface area contributed by atoms with Gasteiger partial charge in [-0.25, -0.2) is 4.98 Å². The molecule has 0 spiro atoms. The molecule has 2 rings (SSSR count). The van der Waals surface area contributed by atoms with Crippen LogP contribution in [-0.2, 0) is 6.54 Å². The van der Waals surface area contributed by atoms with Gasteiger partial charge in [0.25, 0.3) is 5.56 Å². The molecular weight excluding hydrogens is 252 g/mol. The van der Waals surface area contributed by atoms with E-state index in [0.29, 0.717) is 11.0 Å². The molecule has 0 saturated heterocycles. The SMILES string of the molecule is CCCCCCCCCCn1cc2c(=O)[nH]cnc2n1. The first-order valence-electron chi connectivity index (χ1n) is 7.72. The number of aromatic amines is 1. The average molecular weight is 276 g/mol. The Hall–Kier alpha value is -1.65. The zero-order valence-electron chi connectivity index (χ0n) is 12.3. The van der Waals surface area contributed by atoms with Gasteiger partial charge in [0, 0.05) is 12.7 Å². The summed E-state index contributed by atoms with van der Waals surface area (Å²) in [5.74, 6) is 0. The summed E-state index contributed by atoms with van der Waals surface area (Å²) in [6, 6.07) is 0. The highest BCUT2D eigenvalue weighted by molar-refractivity contribution is 5.71. The summed E-state index contributed by atoms with van der Waals surface area (Å²) in [7, 11) is 0. The lowest BCUT2D eigenvalue weighted by atomic mass is 10.1. The fraction of sp³-hybridized carbons (Fsp3) is 0.667. The second kappa shape index (κ2) is 7.82. The van der Waals surface area contributed by atoms with Gasteiger partial charge in [0.05, 0.1) is 6.33 Å². The minimum atomic E-state index is -0.114. The Morgan fingerprint density at radius 3 is 2.50 bits per heavy atom. The molecule has 0 aliphatic carbocycles. The minimum absolute atomic E-state index is 0.114. The number of H-pyrrole nitrogens is 1. The van der Waals surface area contributed by atoms with E-state index < -0.39 is 0 Å². The van der Waals surface area contributed by atoms with Gasteiger partial charge in [-0.05, 0) is 6.42 Å². The lowest BCUT2D eigenvalue weighted by Crippen LogP contribution is -2.04. The molecule has 2 aromatic heterocycles. The van der Waals surface area contributed by atoms with Gasteiger partial charge in [-0.2, -0.15) is 5.10 Å². The maximum absolute atomic E-state index is 11.5. The third kappa shape index (κ3) is 4.18. The molecule has 0 aliphatic heterocycles. The van der Waals surface area contributed by atoms with Gasteiger partial charge in [-0.15, -0.1) is 0 Å². The smallest absolute Gasteiger partial charge is 0.261 e. The summed E-state index contributed by atoms with van der Waals surface area (Å²) in [6.07, 6.45) is 13.6. The molecule has 0 saturated carbocycles. The van der Waals surface area contributed by atoms with Crippen LogP contribution >= 0.6 is 0 Å². The summed E-state index contributed by atoms with van der Waals surface area (Å²) in [5, 5.41) is 4.89. The fourth-order valence-corrected chi connectivity index (χ4v) is 2.42. The van der Waals surface area contributed by atoms with Gasteiger partial charge in [-0.3, -0.25) is 9.48 Å². The van der Waals surface area contributed by atoms with E-state index in [9.17, 15) is 4.79 Å². The van der Waals surface area contributed by atoms with E-state index in [1.54, 1.807) is 6.20 Å². The van der Waals surface area contributed by atoms with E-state index in [1.165, 1.54) is 51.3 Å². The minimum Gasteiger partial charge on any atom is -0.312 e. The van der Waals surface area contributed by atoms with Crippen molar-refractivity contribution in [3.63, 3.8) is 0 Å². The van der Waals surface area contributed by atoms with E-state index in [2.05, 4.69) is 22.0 Å². The Morgan fingerprint density at radius 2 is 1.80 bits per heavy atom. The van der Waals surface area contributed by atoms with Crippen molar-refractivity contribution < 1.29 is 0 Å². The maximum Gasteiger partial charge on any atom is 0.261 e. The van der Waals surface area contributed by atoms with E-state index in [0.717, 1.165) is 13.0 Å². The van der Waals surface area contributed by atoms with Crippen LogP contribution < -0.4 is 5.56 Å². The van der Waals surface area contributed by atoms with Crippen molar-refractivity contribution in [1.29, 1.82) is 0 Å². The Labute approximate surface area is 119 Å². The van der Waals surface area contributed by atoms with Crippen molar-refractivity contribution in [3.05, 3.63) is 22.9 Å². The first-order chi connectivity index (χ1) is 9.81. The molecule has 1 N–H and O–H groups in total. The maximum atomic E-state index is 11.5. The van der Waals surface area contributed by atoms with Crippen molar-refractivity contribution in [2.45, 2.75) is 64.8 Å². The summed E-state index contributed by atoms with van der Waals surface area (Å²) >= 11 is 0. The average Bonchev–Trinajstić information content (AvgIpc) is 2.86. The summed E-state index contributed by atoms with van der Waals surface area (Å²) in [4.78, 5) is 18.2. The quantitative estimate of drug-likeness (QED) is 0.715. The van der Waals surface area contributed by atoms with Crippen molar-refractivity contribution in [3.8, 4) is 0 Å². The molecule has 0 aromatic carbocycles. The summed E-state index contributed by atoms with van der Waals surface area (Å²) in [5.41, 5.74) is 0.422. The molecule has 0 unspecified atom stereocenters. The predicted octanol–water partition coefficient (Wildman–Crippen LogP) is 3.26. The second-order valence-corrected chi connectivity index (χ2v) is 5.34. The van der Waals surface area contributed by atoms with Crippen LogP contribution in [0.3, 0.4) is 0 Å². The molecule has 0 radical (unpaired) electrons. The van der Waals surface area contributed by atoms with Gasteiger partial charge < -0.3 is 4.98 Å². The number of hydrogen-bond donors (Lipinski definition) is 1. The van der Waals surface area contributed by atoms with Crippen LogP contribution in [0.5, 0.6) is 0 Å². The van der Waals surface area contributed by atoms with Crippen LogP contribution in [0.15, 0.2) is 17.3 Å². The molecule has 2 aromatic rings. The number of fused-ring (bicyclic) bond motifs is 1. The molecule has 0 aliphatic rings. The van der Waals surface area contributed by atoms with Crippen LogP contribution in [0.1, 0.15) is 58.3 Å². The number of rotatable bonds is 9. The first kappa shape index (κ1) is 14.8. The van der Waals surface area contributed by atoms with Crippen molar-refractivity contribution in [2.75, 3.05) is 0 Å². The molecule has 110 valence electrons. The molecule has 5 nitrogen and oxygen atoms in total. The van der Waals surface area contributed by atoms with Gasteiger partial charge in [0.15, 0.2) is 5.65 Å². The molecular formula is C15H24N4O. The molecule has 20 heavy (non-hydrogen) atoms.